The number of aromatic nitrogens is 1. The lowest BCUT2D eigenvalue weighted by atomic mass is 10.3. The van der Waals surface area contributed by atoms with Crippen LogP contribution in [0.25, 0.3) is 0 Å². The minimum Gasteiger partial charge on any atom is -0.496 e. The van der Waals surface area contributed by atoms with Gasteiger partial charge in [-0.3, -0.25) is 4.79 Å². The van der Waals surface area contributed by atoms with Crippen LogP contribution in [-0.2, 0) is 16.6 Å². The number of nitrogens with one attached hydrogen (secondary N) is 1. The average molecular weight is 380 g/mol. The number of rotatable bonds is 10. The lowest BCUT2D eigenvalue weighted by molar-refractivity contribution is 0.317. The summed E-state index contributed by atoms with van der Waals surface area (Å²) in [5.74, 6) is 1.17. The van der Waals surface area contributed by atoms with Crippen LogP contribution in [0.3, 0.4) is 0 Å². The Hall–Kier alpha value is -2.32. The normalized spacial score (nSPS) is 11.3. The van der Waals surface area contributed by atoms with Crippen molar-refractivity contribution < 1.29 is 17.9 Å². The van der Waals surface area contributed by atoms with Crippen molar-refractivity contribution in [3.05, 3.63) is 58.5 Å². The molecule has 0 aliphatic rings. The molecule has 0 saturated carbocycles. The van der Waals surface area contributed by atoms with Crippen LogP contribution in [0.2, 0.25) is 0 Å². The second-order valence-corrected chi connectivity index (χ2v) is 7.68. The van der Waals surface area contributed by atoms with Crippen molar-refractivity contribution in [3.8, 4) is 11.5 Å². The fourth-order valence-electron chi connectivity index (χ4n) is 2.44. The van der Waals surface area contributed by atoms with Gasteiger partial charge in [0.15, 0.2) is 0 Å². The van der Waals surface area contributed by atoms with Crippen LogP contribution in [0.4, 0.5) is 0 Å². The first-order chi connectivity index (χ1) is 12.4. The number of ether oxygens (including phenoxy) is 2. The van der Waals surface area contributed by atoms with Crippen molar-refractivity contribution in [3.63, 3.8) is 0 Å². The number of hydrogen-bond donors (Lipinski definition) is 1. The van der Waals surface area contributed by atoms with Gasteiger partial charge in [0.2, 0.25) is 10.0 Å². The molecule has 7 nitrogen and oxygen atoms in total. The fourth-order valence-corrected chi connectivity index (χ4v) is 3.49. The lowest BCUT2D eigenvalue weighted by Crippen LogP contribution is -2.33. The molecule has 26 heavy (non-hydrogen) atoms. The van der Waals surface area contributed by atoms with Gasteiger partial charge in [-0.25, -0.2) is 13.1 Å². The van der Waals surface area contributed by atoms with Gasteiger partial charge < -0.3 is 14.0 Å². The zero-order valence-corrected chi connectivity index (χ0v) is 15.8. The van der Waals surface area contributed by atoms with Gasteiger partial charge in [0, 0.05) is 24.8 Å². The highest BCUT2D eigenvalue weighted by Crippen LogP contribution is 2.09. The molecule has 0 fully saturated rings. The van der Waals surface area contributed by atoms with Crippen molar-refractivity contribution >= 4 is 10.0 Å². The molecule has 1 aromatic heterocycles. The molecule has 142 valence electrons. The summed E-state index contributed by atoms with van der Waals surface area (Å²) >= 11 is 0. The summed E-state index contributed by atoms with van der Waals surface area (Å²) in [6.07, 6.45) is 0.381. The third-order valence-corrected chi connectivity index (χ3v) is 5.24. The Kier molecular flexibility index (Phi) is 7.23. The molecule has 0 spiro atoms. The van der Waals surface area contributed by atoms with E-state index in [0.29, 0.717) is 30.2 Å². The van der Waals surface area contributed by atoms with Gasteiger partial charge in [0.25, 0.3) is 5.56 Å². The Morgan fingerprint density at radius 1 is 1.12 bits per heavy atom. The second-order valence-electron chi connectivity index (χ2n) is 5.75. The van der Waals surface area contributed by atoms with E-state index < -0.39 is 10.0 Å². The van der Waals surface area contributed by atoms with Crippen LogP contribution in [0.1, 0.15) is 12.1 Å². The summed E-state index contributed by atoms with van der Waals surface area (Å²) in [5, 5.41) is 0. The summed E-state index contributed by atoms with van der Waals surface area (Å²) in [6.45, 7) is 2.50. The largest absolute Gasteiger partial charge is 0.496 e. The molecule has 1 N–H and O–H groups in total. The molecule has 0 atom stereocenters. The molecular formula is C18H24N2O5S. The van der Waals surface area contributed by atoms with E-state index in [4.69, 9.17) is 9.47 Å². The van der Waals surface area contributed by atoms with Gasteiger partial charge in [0.05, 0.1) is 19.5 Å². The first kappa shape index (κ1) is 20.0. The van der Waals surface area contributed by atoms with Gasteiger partial charge >= 0.3 is 0 Å². The number of methoxy groups -OCH3 is 1. The van der Waals surface area contributed by atoms with E-state index in [1.807, 2.05) is 30.3 Å². The molecule has 2 rings (SSSR count). The van der Waals surface area contributed by atoms with Crippen molar-refractivity contribution in [1.82, 2.24) is 9.29 Å². The van der Waals surface area contributed by atoms with Crippen LogP contribution in [0.5, 0.6) is 11.5 Å². The number of nitrogens with zero attached hydrogens (tertiary/aromatic N) is 1. The number of sulfonamides is 1. The maximum absolute atomic E-state index is 12.0. The van der Waals surface area contributed by atoms with Crippen molar-refractivity contribution in [2.45, 2.75) is 19.9 Å². The Morgan fingerprint density at radius 2 is 1.85 bits per heavy atom. The monoisotopic (exact) mass is 380 g/mol. The summed E-state index contributed by atoms with van der Waals surface area (Å²) in [4.78, 5) is 12.0. The Labute approximate surface area is 153 Å². The molecule has 0 aliphatic heterocycles. The van der Waals surface area contributed by atoms with E-state index >= 15 is 0 Å². The van der Waals surface area contributed by atoms with Gasteiger partial charge in [-0.1, -0.05) is 18.2 Å². The highest BCUT2D eigenvalue weighted by Gasteiger charge is 2.10. The van der Waals surface area contributed by atoms with Crippen LogP contribution in [-0.4, -0.2) is 39.0 Å². The molecule has 0 amide bonds. The molecule has 1 aromatic carbocycles. The Balaban J connectivity index is 1.77. The van der Waals surface area contributed by atoms with Crippen LogP contribution < -0.4 is 19.8 Å². The summed E-state index contributed by atoms with van der Waals surface area (Å²) in [7, 11) is -1.92. The molecule has 0 radical (unpaired) electrons. The van der Waals surface area contributed by atoms with Crippen LogP contribution in [0, 0.1) is 6.92 Å². The molecule has 1 heterocycles. The van der Waals surface area contributed by atoms with E-state index in [1.54, 1.807) is 13.0 Å². The molecular weight excluding hydrogens is 356 g/mol. The van der Waals surface area contributed by atoms with Crippen LogP contribution in [0.15, 0.2) is 47.3 Å². The molecule has 0 aliphatic carbocycles. The second kappa shape index (κ2) is 9.40. The highest BCUT2D eigenvalue weighted by atomic mass is 32.2. The van der Waals surface area contributed by atoms with E-state index in [9.17, 15) is 13.2 Å². The molecule has 8 heteroatoms. The number of benzene rings is 1. The van der Waals surface area contributed by atoms with Gasteiger partial charge in [0.1, 0.15) is 11.5 Å². The topological polar surface area (TPSA) is 86.6 Å². The van der Waals surface area contributed by atoms with Crippen LogP contribution >= 0.6 is 0 Å². The molecule has 2 aromatic rings. The Morgan fingerprint density at radius 3 is 2.50 bits per heavy atom. The minimum atomic E-state index is -3.41. The number of aryl methyl sites for hydroxylation is 1. The van der Waals surface area contributed by atoms with Crippen molar-refractivity contribution in [1.29, 1.82) is 0 Å². The first-order valence-electron chi connectivity index (χ1n) is 8.32. The SMILES string of the molecule is COc1cc(C)n(CCNS(=O)(=O)CCCOc2ccccc2)c(=O)c1. The van der Waals surface area contributed by atoms with Gasteiger partial charge in [-0.2, -0.15) is 0 Å². The lowest BCUT2D eigenvalue weighted by Gasteiger charge is -2.12. The summed E-state index contributed by atoms with van der Waals surface area (Å²) < 4.78 is 38.6. The smallest absolute Gasteiger partial charge is 0.254 e. The van der Waals surface area contributed by atoms with Crippen molar-refractivity contribution in [2.75, 3.05) is 26.0 Å². The molecule has 0 bridgehead atoms. The highest BCUT2D eigenvalue weighted by molar-refractivity contribution is 7.89. The molecule has 0 unspecified atom stereocenters. The average Bonchev–Trinajstić information content (AvgIpc) is 2.61. The minimum absolute atomic E-state index is 0.0314. The standard InChI is InChI=1S/C18H24N2O5S/c1-15-13-17(24-2)14-18(21)20(15)10-9-19-26(22,23)12-6-11-25-16-7-4-3-5-8-16/h3-5,7-8,13-14,19H,6,9-12H2,1-2H3. The maximum Gasteiger partial charge on any atom is 0.254 e. The third-order valence-electron chi connectivity index (χ3n) is 3.77. The molecule has 0 saturated heterocycles. The summed E-state index contributed by atoms with van der Waals surface area (Å²) in [5.41, 5.74) is 0.488. The predicted octanol–water partition coefficient (Wildman–Crippen LogP) is 1.55. The van der Waals surface area contributed by atoms with E-state index in [2.05, 4.69) is 4.72 Å². The van der Waals surface area contributed by atoms with E-state index in [-0.39, 0.29) is 24.4 Å². The fraction of sp³-hybridized carbons (Fsp3) is 0.389. The Bertz CT molecular complexity index is 863. The van der Waals surface area contributed by atoms with Gasteiger partial charge in [-0.15, -0.1) is 0 Å². The predicted molar refractivity (Wildman–Crippen MR) is 100 cm³/mol. The van der Waals surface area contributed by atoms with Crippen molar-refractivity contribution in [2.24, 2.45) is 0 Å². The number of para-hydroxylation sites is 1. The number of hydrogen-bond acceptors (Lipinski definition) is 5. The van der Waals surface area contributed by atoms with E-state index in [0.717, 1.165) is 0 Å². The number of pyridine rings is 1. The third kappa shape index (κ3) is 6.20. The summed E-state index contributed by atoms with van der Waals surface area (Å²) in [6, 6.07) is 12.4. The zero-order chi connectivity index (χ0) is 19.0. The van der Waals surface area contributed by atoms with Gasteiger partial charge in [-0.05, 0) is 31.5 Å². The first-order valence-corrected chi connectivity index (χ1v) is 9.97. The van der Waals surface area contributed by atoms with E-state index in [1.165, 1.54) is 17.7 Å². The quantitative estimate of drug-likeness (QED) is 0.632. The zero-order valence-electron chi connectivity index (χ0n) is 15.0. The maximum atomic E-state index is 12.0.